The van der Waals surface area contributed by atoms with Crippen LogP contribution < -0.4 is 10.1 Å². The van der Waals surface area contributed by atoms with Crippen molar-refractivity contribution in [2.24, 2.45) is 0 Å². The Morgan fingerprint density at radius 2 is 2.06 bits per heavy atom. The van der Waals surface area contributed by atoms with E-state index >= 15 is 0 Å². The molecule has 0 aromatic heterocycles. The standard InChI is InChI=1S/C12H15F2NO2/c13-12(14)17-11-5-3-9(4-6-11)15-10-2-1-7-16-8-10/h3-6,10,12,15H,1-2,7-8H2. The Labute approximate surface area is 98.7 Å². The molecule has 5 heteroatoms. The van der Waals surface area contributed by atoms with Crippen molar-refractivity contribution in [1.82, 2.24) is 0 Å². The average Bonchev–Trinajstić information content (AvgIpc) is 2.32. The monoisotopic (exact) mass is 243 g/mol. The van der Waals surface area contributed by atoms with Crippen LogP contribution in [0.15, 0.2) is 24.3 Å². The first-order valence-corrected chi connectivity index (χ1v) is 5.63. The van der Waals surface area contributed by atoms with E-state index in [1.807, 2.05) is 0 Å². The van der Waals surface area contributed by atoms with E-state index in [1.54, 1.807) is 12.1 Å². The summed E-state index contributed by atoms with van der Waals surface area (Å²) >= 11 is 0. The zero-order chi connectivity index (χ0) is 12.1. The Morgan fingerprint density at radius 3 is 2.65 bits per heavy atom. The highest BCUT2D eigenvalue weighted by Gasteiger charge is 2.13. The van der Waals surface area contributed by atoms with E-state index in [2.05, 4.69) is 10.1 Å². The van der Waals surface area contributed by atoms with Crippen molar-refractivity contribution >= 4 is 5.69 Å². The lowest BCUT2D eigenvalue weighted by Gasteiger charge is -2.24. The Hall–Kier alpha value is -1.36. The fourth-order valence-corrected chi connectivity index (χ4v) is 1.82. The second-order valence-electron chi connectivity index (χ2n) is 3.96. The number of anilines is 1. The van der Waals surface area contributed by atoms with E-state index in [0.29, 0.717) is 12.6 Å². The fourth-order valence-electron chi connectivity index (χ4n) is 1.82. The van der Waals surface area contributed by atoms with Gasteiger partial charge in [0, 0.05) is 18.3 Å². The SMILES string of the molecule is FC(F)Oc1ccc(NC2CCCOC2)cc1. The van der Waals surface area contributed by atoms with Crippen molar-refractivity contribution in [3.63, 3.8) is 0 Å². The van der Waals surface area contributed by atoms with Gasteiger partial charge in [-0.3, -0.25) is 0 Å². The van der Waals surface area contributed by atoms with Gasteiger partial charge in [0.1, 0.15) is 5.75 Å². The molecule has 1 aliphatic heterocycles. The fraction of sp³-hybridized carbons (Fsp3) is 0.500. The van der Waals surface area contributed by atoms with Crippen LogP contribution in [0.25, 0.3) is 0 Å². The number of benzene rings is 1. The van der Waals surface area contributed by atoms with Gasteiger partial charge in [0.15, 0.2) is 0 Å². The number of rotatable bonds is 4. The highest BCUT2D eigenvalue weighted by Crippen LogP contribution is 2.19. The quantitative estimate of drug-likeness (QED) is 0.882. The minimum Gasteiger partial charge on any atom is -0.435 e. The first-order valence-electron chi connectivity index (χ1n) is 5.63. The van der Waals surface area contributed by atoms with Crippen LogP contribution in [0.3, 0.4) is 0 Å². The molecule has 0 saturated carbocycles. The molecule has 0 amide bonds. The van der Waals surface area contributed by atoms with Crippen LogP contribution in [-0.2, 0) is 4.74 Å². The van der Waals surface area contributed by atoms with Gasteiger partial charge in [0.2, 0.25) is 0 Å². The van der Waals surface area contributed by atoms with Gasteiger partial charge >= 0.3 is 6.61 Å². The molecule has 3 nitrogen and oxygen atoms in total. The van der Waals surface area contributed by atoms with E-state index in [0.717, 1.165) is 25.1 Å². The maximum Gasteiger partial charge on any atom is 0.387 e. The van der Waals surface area contributed by atoms with E-state index < -0.39 is 6.61 Å². The number of hydrogen-bond acceptors (Lipinski definition) is 3. The van der Waals surface area contributed by atoms with Crippen LogP contribution in [0.4, 0.5) is 14.5 Å². The van der Waals surface area contributed by atoms with Crippen molar-refractivity contribution < 1.29 is 18.3 Å². The summed E-state index contributed by atoms with van der Waals surface area (Å²) in [4.78, 5) is 0. The summed E-state index contributed by atoms with van der Waals surface area (Å²) in [5, 5.41) is 3.29. The van der Waals surface area contributed by atoms with Gasteiger partial charge in [0.05, 0.1) is 6.61 Å². The lowest BCUT2D eigenvalue weighted by molar-refractivity contribution is -0.0498. The smallest absolute Gasteiger partial charge is 0.387 e. The molecule has 1 atom stereocenters. The molecule has 94 valence electrons. The summed E-state index contributed by atoms with van der Waals surface area (Å²) in [6.45, 7) is -1.27. The van der Waals surface area contributed by atoms with Gasteiger partial charge in [-0.25, -0.2) is 0 Å². The Bertz CT molecular complexity index is 337. The van der Waals surface area contributed by atoms with Crippen LogP contribution in [0.5, 0.6) is 5.75 Å². The summed E-state index contributed by atoms with van der Waals surface area (Å²) in [5.74, 6) is 0.172. The molecule has 0 spiro atoms. The largest absolute Gasteiger partial charge is 0.435 e. The van der Waals surface area contributed by atoms with Gasteiger partial charge in [-0.05, 0) is 37.1 Å². The molecule has 0 bridgehead atoms. The summed E-state index contributed by atoms with van der Waals surface area (Å²) in [6, 6.07) is 6.81. The highest BCUT2D eigenvalue weighted by molar-refractivity contribution is 5.47. The van der Waals surface area contributed by atoms with Crippen molar-refractivity contribution in [2.75, 3.05) is 18.5 Å². The van der Waals surface area contributed by atoms with Gasteiger partial charge in [-0.15, -0.1) is 0 Å². The maximum absolute atomic E-state index is 11.9. The zero-order valence-electron chi connectivity index (χ0n) is 9.36. The molecule has 1 aromatic rings. The lowest BCUT2D eigenvalue weighted by Crippen LogP contribution is -2.29. The Kier molecular flexibility index (Phi) is 4.14. The van der Waals surface area contributed by atoms with Crippen LogP contribution in [0, 0.1) is 0 Å². The summed E-state index contributed by atoms with van der Waals surface area (Å²) in [5.41, 5.74) is 0.891. The Morgan fingerprint density at radius 1 is 1.29 bits per heavy atom. The van der Waals surface area contributed by atoms with Gasteiger partial charge < -0.3 is 14.8 Å². The van der Waals surface area contributed by atoms with E-state index in [-0.39, 0.29) is 5.75 Å². The van der Waals surface area contributed by atoms with Crippen LogP contribution >= 0.6 is 0 Å². The van der Waals surface area contributed by atoms with E-state index in [4.69, 9.17) is 4.74 Å². The number of nitrogens with one attached hydrogen (secondary N) is 1. The van der Waals surface area contributed by atoms with Gasteiger partial charge in [-0.1, -0.05) is 0 Å². The summed E-state index contributed by atoms with van der Waals surface area (Å²) in [7, 11) is 0. The molecule has 0 aliphatic carbocycles. The molecule has 1 aromatic carbocycles. The number of halogens is 2. The molecule has 1 unspecified atom stereocenters. The maximum atomic E-state index is 11.9. The van der Waals surface area contributed by atoms with Crippen LogP contribution in [0.1, 0.15) is 12.8 Å². The second kappa shape index (κ2) is 5.82. The van der Waals surface area contributed by atoms with Crippen molar-refractivity contribution in [3.05, 3.63) is 24.3 Å². The molecule has 1 N–H and O–H groups in total. The molecular weight excluding hydrogens is 228 g/mol. The van der Waals surface area contributed by atoms with Crippen molar-refractivity contribution in [2.45, 2.75) is 25.5 Å². The number of ether oxygens (including phenoxy) is 2. The highest BCUT2D eigenvalue weighted by atomic mass is 19.3. The van der Waals surface area contributed by atoms with Gasteiger partial charge in [-0.2, -0.15) is 8.78 Å². The van der Waals surface area contributed by atoms with Crippen LogP contribution in [-0.4, -0.2) is 25.9 Å². The molecule has 1 heterocycles. The molecule has 1 aliphatic rings. The summed E-state index contributed by atoms with van der Waals surface area (Å²) in [6.07, 6.45) is 2.11. The minimum atomic E-state index is -2.78. The lowest BCUT2D eigenvalue weighted by atomic mass is 10.1. The van der Waals surface area contributed by atoms with Crippen molar-refractivity contribution in [3.8, 4) is 5.75 Å². The topological polar surface area (TPSA) is 30.5 Å². The first kappa shape index (κ1) is 12.1. The molecule has 2 rings (SSSR count). The number of alkyl halides is 2. The third-order valence-electron chi connectivity index (χ3n) is 2.61. The van der Waals surface area contributed by atoms with E-state index in [1.165, 1.54) is 12.1 Å². The predicted octanol–water partition coefficient (Wildman–Crippen LogP) is 2.88. The first-order chi connectivity index (χ1) is 8.24. The normalized spacial score (nSPS) is 20.3. The summed E-state index contributed by atoms with van der Waals surface area (Å²) < 4.78 is 33.5. The van der Waals surface area contributed by atoms with Gasteiger partial charge in [0.25, 0.3) is 0 Å². The second-order valence-corrected chi connectivity index (χ2v) is 3.96. The minimum absolute atomic E-state index is 0.172. The molecular formula is C12H15F2NO2. The van der Waals surface area contributed by atoms with Crippen molar-refractivity contribution in [1.29, 1.82) is 0 Å². The third kappa shape index (κ3) is 3.85. The molecule has 1 fully saturated rings. The van der Waals surface area contributed by atoms with Crippen LogP contribution in [0.2, 0.25) is 0 Å². The van der Waals surface area contributed by atoms with E-state index in [9.17, 15) is 8.78 Å². The molecule has 1 saturated heterocycles. The predicted molar refractivity (Wildman–Crippen MR) is 60.5 cm³/mol. The molecule has 17 heavy (non-hydrogen) atoms. The third-order valence-corrected chi connectivity index (χ3v) is 2.61. The average molecular weight is 243 g/mol. The number of hydrogen-bond donors (Lipinski definition) is 1. The molecule has 0 radical (unpaired) electrons. The Balaban J connectivity index is 1.88. The zero-order valence-corrected chi connectivity index (χ0v) is 9.36.